The molecule has 0 spiro atoms. The number of methoxy groups -OCH3 is 1. The number of hydrogen-bond donors (Lipinski definition) is 0. The normalized spacial score (nSPS) is 20.9. The molecule has 1 aromatic rings. The van der Waals surface area contributed by atoms with Crippen LogP contribution in [0.3, 0.4) is 0 Å². The predicted octanol–water partition coefficient (Wildman–Crippen LogP) is 4.63. The number of alkyl halides is 1. The maximum Gasteiger partial charge on any atom is 0.161 e. The fourth-order valence-corrected chi connectivity index (χ4v) is 2.55. The molecule has 0 saturated carbocycles. The van der Waals surface area contributed by atoms with E-state index < -0.39 is 0 Å². The summed E-state index contributed by atoms with van der Waals surface area (Å²) in [4.78, 5) is 0. The van der Waals surface area contributed by atoms with Gasteiger partial charge in [-0.05, 0) is 30.5 Å². The summed E-state index contributed by atoms with van der Waals surface area (Å²) >= 11 is 3.40. The average Bonchev–Trinajstić information content (AvgIpc) is 2.48. The largest absolute Gasteiger partial charge is 0.493 e. The minimum atomic E-state index is 0.0381. The van der Waals surface area contributed by atoms with E-state index in [1.807, 2.05) is 6.07 Å². The second kappa shape index (κ2) is 6.98. The minimum Gasteiger partial charge on any atom is -0.493 e. The Morgan fingerprint density at radius 2 is 2.10 bits per heavy atom. The Labute approximate surface area is 129 Å². The lowest BCUT2D eigenvalue weighted by molar-refractivity contribution is 0.295. The van der Waals surface area contributed by atoms with Gasteiger partial charge in [0.25, 0.3) is 0 Å². The number of allylic oxidation sites excluding steroid dienone is 4. The summed E-state index contributed by atoms with van der Waals surface area (Å²) in [6.07, 6.45) is 10.6. The van der Waals surface area contributed by atoms with Gasteiger partial charge in [0, 0.05) is 10.7 Å². The highest BCUT2D eigenvalue weighted by Gasteiger charge is 2.24. The molecule has 1 unspecified atom stereocenters. The van der Waals surface area contributed by atoms with Gasteiger partial charge in [-0.25, -0.2) is 0 Å². The van der Waals surface area contributed by atoms with E-state index in [0.717, 1.165) is 29.7 Å². The predicted molar refractivity (Wildman–Crippen MR) is 87.1 cm³/mol. The van der Waals surface area contributed by atoms with Crippen molar-refractivity contribution in [2.24, 2.45) is 0 Å². The molecule has 3 heteroatoms. The Morgan fingerprint density at radius 1 is 1.25 bits per heavy atom. The highest BCUT2D eigenvalue weighted by molar-refractivity contribution is 9.09. The van der Waals surface area contributed by atoms with Gasteiger partial charge in [0.1, 0.15) is 0 Å². The zero-order valence-electron chi connectivity index (χ0n) is 12.1. The Bertz CT molecular complexity index is 508. The molecule has 2 nitrogen and oxygen atoms in total. The molecule has 0 N–H and O–H groups in total. The van der Waals surface area contributed by atoms with E-state index in [9.17, 15) is 0 Å². The van der Waals surface area contributed by atoms with Crippen LogP contribution in [0.2, 0.25) is 0 Å². The van der Waals surface area contributed by atoms with E-state index >= 15 is 0 Å². The molecule has 0 fully saturated rings. The van der Waals surface area contributed by atoms with Gasteiger partial charge in [-0.1, -0.05) is 53.2 Å². The summed E-state index contributed by atoms with van der Waals surface area (Å²) < 4.78 is 11.2. The third kappa shape index (κ3) is 3.45. The summed E-state index contributed by atoms with van der Waals surface area (Å²) in [5, 5.41) is 0.947. The molecule has 1 aliphatic rings. The number of halogens is 1. The fourth-order valence-electron chi connectivity index (χ4n) is 2.32. The Kier molecular flexibility index (Phi) is 5.30. The Hall–Kier alpha value is -1.22. The summed E-state index contributed by atoms with van der Waals surface area (Å²) in [5.74, 6) is 1.62. The van der Waals surface area contributed by atoms with Crippen molar-refractivity contribution in [1.29, 1.82) is 0 Å². The van der Waals surface area contributed by atoms with Gasteiger partial charge in [-0.3, -0.25) is 0 Å². The van der Waals surface area contributed by atoms with Crippen molar-refractivity contribution in [2.45, 2.75) is 25.2 Å². The summed E-state index contributed by atoms with van der Waals surface area (Å²) in [5.41, 5.74) is 1.29. The van der Waals surface area contributed by atoms with E-state index in [-0.39, 0.29) is 5.41 Å². The van der Waals surface area contributed by atoms with Crippen LogP contribution in [0, 0.1) is 0 Å². The van der Waals surface area contributed by atoms with Crippen molar-refractivity contribution in [1.82, 2.24) is 0 Å². The van der Waals surface area contributed by atoms with Crippen molar-refractivity contribution >= 4 is 15.9 Å². The average molecular weight is 337 g/mol. The molecule has 1 aliphatic carbocycles. The molecular formula is C17H21BrO2. The van der Waals surface area contributed by atoms with Crippen LogP contribution in [0.4, 0.5) is 0 Å². The van der Waals surface area contributed by atoms with Gasteiger partial charge in [0.15, 0.2) is 11.5 Å². The van der Waals surface area contributed by atoms with Crippen molar-refractivity contribution in [3.8, 4) is 11.5 Å². The smallest absolute Gasteiger partial charge is 0.161 e. The maximum atomic E-state index is 5.76. The fraction of sp³-hybridized carbons (Fsp3) is 0.412. The molecule has 0 bridgehead atoms. The van der Waals surface area contributed by atoms with E-state index in [1.165, 1.54) is 5.56 Å². The van der Waals surface area contributed by atoms with E-state index in [0.29, 0.717) is 6.61 Å². The molecule has 0 radical (unpaired) electrons. The van der Waals surface area contributed by atoms with Crippen molar-refractivity contribution < 1.29 is 9.47 Å². The van der Waals surface area contributed by atoms with Gasteiger partial charge in [-0.2, -0.15) is 0 Å². The third-order valence-electron chi connectivity index (χ3n) is 3.61. The molecule has 108 valence electrons. The first-order chi connectivity index (χ1) is 9.69. The standard InChI is InChI=1S/C17H21BrO2/c1-17(9-4-3-5-10-17)14-7-8-15(16(13-14)19-2)20-12-6-11-18/h3-5,7-9,13H,6,10-12H2,1-2H3. The lowest BCUT2D eigenvalue weighted by Crippen LogP contribution is -2.19. The second-order valence-corrected chi connectivity index (χ2v) is 5.96. The molecule has 20 heavy (non-hydrogen) atoms. The highest BCUT2D eigenvalue weighted by Crippen LogP contribution is 2.37. The van der Waals surface area contributed by atoms with Crippen LogP contribution in [0.25, 0.3) is 0 Å². The van der Waals surface area contributed by atoms with Crippen LogP contribution < -0.4 is 9.47 Å². The molecular weight excluding hydrogens is 316 g/mol. The van der Waals surface area contributed by atoms with Crippen molar-refractivity contribution in [3.05, 3.63) is 48.1 Å². The Balaban J connectivity index is 2.20. The van der Waals surface area contributed by atoms with Crippen LogP contribution in [0.15, 0.2) is 42.5 Å². The zero-order chi connectivity index (χ0) is 14.4. The molecule has 0 heterocycles. The topological polar surface area (TPSA) is 18.5 Å². The van der Waals surface area contributed by atoms with Gasteiger partial charge >= 0.3 is 0 Å². The van der Waals surface area contributed by atoms with Gasteiger partial charge in [-0.15, -0.1) is 0 Å². The monoisotopic (exact) mass is 336 g/mol. The number of rotatable bonds is 6. The number of hydrogen-bond acceptors (Lipinski definition) is 2. The lowest BCUT2D eigenvalue weighted by Gasteiger charge is -2.28. The first-order valence-electron chi connectivity index (χ1n) is 6.91. The molecule has 2 rings (SSSR count). The van der Waals surface area contributed by atoms with E-state index in [1.54, 1.807) is 7.11 Å². The third-order valence-corrected chi connectivity index (χ3v) is 4.17. The summed E-state index contributed by atoms with van der Waals surface area (Å²) in [6.45, 7) is 2.94. The van der Waals surface area contributed by atoms with Crippen LogP contribution in [-0.4, -0.2) is 19.0 Å². The number of ether oxygens (including phenoxy) is 2. The van der Waals surface area contributed by atoms with Crippen LogP contribution in [-0.2, 0) is 5.41 Å². The first kappa shape index (κ1) is 15.2. The van der Waals surface area contributed by atoms with Gasteiger partial charge in [0.2, 0.25) is 0 Å². The number of benzene rings is 1. The minimum absolute atomic E-state index is 0.0381. The first-order valence-corrected chi connectivity index (χ1v) is 8.03. The molecule has 1 aromatic carbocycles. The summed E-state index contributed by atoms with van der Waals surface area (Å²) in [6, 6.07) is 6.24. The summed E-state index contributed by atoms with van der Waals surface area (Å²) in [7, 11) is 1.69. The van der Waals surface area contributed by atoms with Crippen LogP contribution in [0.5, 0.6) is 11.5 Å². The maximum absolute atomic E-state index is 5.76. The Morgan fingerprint density at radius 3 is 2.75 bits per heavy atom. The van der Waals surface area contributed by atoms with Crippen LogP contribution >= 0.6 is 15.9 Å². The zero-order valence-corrected chi connectivity index (χ0v) is 13.7. The van der Waals surface area contributed by atoms with Crippen molar-refractivity contribution in [3.63, 3.8) is 0 Å². The molecule has 0 aliphatic heterocycles. The quantitative estimate of drug-likeness (QED) is 0.556. The van der Waals surface area contributed by atoms with E-state index in [2.05, 4.69) is 59.3 Å². The van der Waals surface area contributed by atoms with Gasteiger partial charge in [0.05, 0.1) is 13.7 Å². The van der Waals surface area contributed by atoms with Gasteiger partial charge < -0.3 is 9.47 Å². The molecule has 0 amide bonds. The SMILES string of the molecule is COc1cc(C2(C)C=CC=CC2)ccc1OCCCBr. The second-order valence-electron chi connectivity index (χ2n) is 5.17. The van der Waals surface area contributed by atoms with E-state index in [4.69, 9.17) is 9.47 Å². The molecule has 1 atom stereocenters. The highest BCUT2D eigenvalue weighted by atomic mass is 79.9. The van der Waals surface area contributed by atoms with Crippen molar-refractivity contribution in [2.75, 3.05) is 19.0 Å². The van der Waals surface area contributed by atoms with Crippen LogP contribution in [0.1, 0.15) is 25.3 Å². The molecule has 0 aromatic heterocycles. The molecule has 0 saturated heterocycles. The lowest BCUT2D eigenvalue weighted by atomic mass is 9.77.